The maximum Gasteiger partial charge on any atom is 0.294 e. The summed E-state index contributed by atoms with van der Waals surface area (Å²) in [6.45, 7) is -0.375. The molecule has 0 unspecified atom stereocenters. The van der Waals surface area contributed by atoms with Crippen molar-refractivity contribution in [3.05, 3.63) is 94.6 Å². The van der Waals surface area contributed by atoms with Gasteiger partial charge in [0, 0.05) is 5.56 Å². The third-order valence-electron chi connectivity index (χ3n) is 5.06. The summed E-state index contributed by atoms with van der Waals surface area (Å²) in [7, 11) is 1.48. The van der Waals surface area contributed by atoms with E-state index < -0.39 is 23.6 Å². The lowest BCUT2D eigenvalue weighted by Gasteiger charge is -2.14. The summed E-state index contributed by atoms with van der Waals surface area (Å²) in [5.74, 6) is -0.495. The fourth-order valence-corrected chi connectivity index (χ4v) is 4.18. The van der Waals surface area contributed by atoms with Gasteiger partial charge in [0.05, 0.1) is 17.7 Å². The number of nitrogens with one attached hydrogen (secondary N) is 1. The Kier molecular flexibility index (Phi) is 7.47. The van der Waals surface area contributed by atoms with Gasteiger partial charge in [0.25, 0.3) is 11.1 Å². The van der Waals surface area contributed by atoms with Crippen molar-refractivity contribution >= 4 is 40.6 Å². The van der Waals surface area contributed by atoms with Gasteiger partial charge in [-0.1, -0.05) is 42.5 Å². The number of carbonyl (C=O) groups excluding carboxylic acids is 3. The summed E-state index contributed by atoms with van der Waals surface area (Å²) in [5.41, 5.74) is 1.49. The van der Waals surface area contributed by atoms with Crippen LogP contribution in [0.25, 0.3) is 6.08 Å². The van der Waals surface area contributed by atoms with Gasteiger partial charge >= 0.3 is 0 Å². The highest BCUT2D eigenvalue weighted by molar-refractivity contribution is 8.18. The molecule has 4 rings (SSSR count). The van der Waals surface area contributed by atoms with Crippen molar-refractivity contribution in [2.75, 3.05) is 19.0 Å². The molecule has 0 aliphatic carbocycles. The van der Waals surface area contributed by atoms with E-state index in [9.17, 15) is 18.8 Å². The molecule has 3 aromatic carbocycles. The largest absolute Gasteiger partial charge is 0.495 e. The zero-order chi connectivity index (χ0) is 24.8. The standard InChI is InChI=1S/C26H21FN2O5S/c1-33-22-12-5-4-11-21(22)28-24(30)15-29-25(31)23(35-26(29)32)14-17-7-6-9-19(13-17)34-16-18-8-2-3-10-20(18)27/h2-14H,15-16H2,1H3,(H,28,30)/b23-14+. The van der Waals surface area contributed by atoms with Gasteiger partial charge in [0.15, 0.2) is 0 Å². The highest BCUT2D eigenvalue weighted by Crippen LogP contribution is 2.33. The smallest absolute Gasteiger partial charge is 0.294 e. The first kappa shape index (κ1) is 24.0. The third-order valence-corrected chi connectivity index (χ3v) is 5.97. The predicted octanol–water partition coefficient (Wildman–Crippen LogP) is 5.09. The van der Waals surface area contributed by atoms with Crippen LogP contribution in [0.2, 0.25) is 0 Å². The Morgan fingerprint density at radius 1 is 1.06 bits per heavy atom. The van der Waals surface area contributed by atoms with Crippen molar-refractivity contribution < 1.29 is 28.2 Å². The van der Waals surface area contributed by atoms with Gasteiger partial charge in [-0.15, -0.1) is 0 Å². The quantitative estimate of drug-likeness (QED) is 0.441. The van der Waals surface area contributed by atoms with Crippen LogP contribution in [0.1, 0.15) is 11.1 Å². The average Bonchev–Trinajstić information content (AvgIpc) is 3.11. The van der Waals surface area contributed by atoms with Crippen molar-refractivity contribution in [3.63, 3.8) is 0 Å². The van der Waals surface area contributed by atoms with Crippen molar-refractivity contribution in [1.82, 2.24) is 4.90 Å². The van der Waals surface area contributed by atoms with Crippen LogP contribution in [0.3, 0.4) is 0 Å². The number of carbonyl (C=O) groups is 3. The zero-order valence-corrected chi connectivity index (χ0v) is 19.5. The highest BCUT2D eigenvalue weighted by atomic mass is 32.2. The molecular formula is C26H21FN2O5S. The number of methoxy groups -OCH3 is 1. The molecular weight excluding hydrogens is 471 g/mol. The molecule has 0 atom stereocenters. The molecule has 0 radical (unpaired) electrons. The van der Waals surface area contributed by atoms with Crippen molar-refractivity contribution in [2.45, 2.75) is 6.61 Å². The van der Waals surface area contributed by atoms with Gasteiger partial charge in [-0.3, -0.25) is 19.3 Å². The maximum atomic E-state index is 13.8. The molecule has 1 fully saturated rings. The average molecular weight is 493 g/mol. The second-order valence-corrected chi connectivity index (χ2v) is 8.46. The van der Waals surface area contributed by atoms with E-state index in [0.29, 0.717) is 28.3 Å². The lowest BCUT2D eigenvalue weighted by molar-refractivity contribution is -0.127. The van der Waals surface area contributed by atoms with Gasteiger partial charge in [-0.05, 0) is 53.7 Å². The zero-order valence-electron chi connectivity index (χ0n) is 18.7. The molecule has 0 spiro atoms. The molecule has 7 nitrogen and oxygen atoms in total. The van der Waals surface area contributed by atoms with E-state index >= 15 is 0 Å². The summed E-state index contributed by atoms with van der Waals surface area (Å²) in [5, 5.41) is 2.11. The van der Waals surface area contributed by atoms with Crippen LogP contribution >= 0.6 is 11.8 Å². The number of imide groups is 1. The molecule has 1 saturated heterocycles. The minimum absolute atomic E-state index is 0.0496. The normalized spacial score (nSPS) is 14.3. The molecule has 35 heavy (non-hydrogen) atoms. The van der Waals surface area contributed by atoms with Gasteiger partial charge in [-0.25, -0.2) is 4.39 Å². The van der Waals surface area contributed by atoms with Gasteiger partial charge in [0.2, 0.25) is 5.91 Å². The molecule has 0 bridgehead atoms. The Morgan fingerprint density at radius 2 is 1.83 bits per heavy atom. The van der Waals surface area contributed by atoms with Crippen molar-refractivity contribution in [1.29, 1.82) is 0 Å². The summed E-state index contributed by atoms with van der Waals surface area (Å²) in [4.78, 5) is 38.8. The van der Waals surface area contributed by atoms with E-state index in [0.717, 1.165) is 16.7 Å². The highest BCUT2D eigenvalue weighted by Gasteiger charge is 2.36. The molecule has 0 aromatic heterocycles. The van der Waals surface area contributed by atoms with Crippen LogP contribution in [-0.4, -0.2) is 35.6 Å². The number of halogens is 1. The van der Waals surface area contributed by atoms with E-state index in [4.69, 9.17) is 9.47 Å². The number of anilines is 1. The molecule has 3 amide bonds. The first-order chi connectivity index (χ1) is 16.9. The number of thioether (sulfide) groups is 1. The molecule has 1 N–H and O–H groups in total. The molecule has 1 heterocycles. The number of nitrogens with zero attached hydrogens (tertiary/aromatic N) is 1. The van der Waals surface area contributed by atoms with E-state index in [1.54, 1.807) is 72.8 Å². The number of hydrogen-bond donors (Lipinski definition) is 1. The Bertz CT molecular complexity index is 1310. The van der Waals surface area contributed by atoms with Gasteiger partial charge < -0.3 is 14.8 Å². The monoisotopic (exact) mass is 492 g/mol. The van der Waals surface area contributed by atoms with Gasteiger partial charge in [-0.2, -0.15) is 0 Å². The Balaban J connectivity index is 1.41. The van der Waals surface area contributed by atoms with Crippen LogP contribution in [0.15, 0.2) is 77.7 Å². The van der Waals surface area contributed by atoms with Crippen LogP contribution in [0.4, 0.5) is 14.9 Å². The molecule has 1 aliphatic rings. The van der Waals surface area contributed by atoms with Gasteiger partial charge in [0.1, 0.15) is 30.5 Å². The Labute approximate surface area is 205 Å². The van der Waals surface area contributed by atoms with Crippen molar-refractivity contribution in [3.8, 4) is 11.5 Å². The first-order valence-electron chi connectivity index (χ1n) is 10.6. The Morgan fingerprint density at radius 3 is 2.63 bits per heavy atom. The minimum atomic E-state index is -0.562. The topological polar surface area (TPSA) is 84.9 Å². The first-order valence-corrected chi connectivity index (χ1v) is 11.4. The molecule has 1 aliphatic heterocycles. The number of benzene rings is 3. The van der Waals surface area contributed by atoms with Crippen LogP contribution in [0.5, 0.6) is 11.5 Å². The van der Waals surface area contributed by atoms with E-state index in [1.807, 2.05) is 0 Å². The predicted molar refractivity (Wildman–Crippen MR) is 131 cm³/mol. The number of hydrogen-bond acceptors (Lipinski definition) is 6. The second-order valence-electron chi connectivity index (χ2n) is 7.47. The third kappa shape index (κ3) is 5.88. The van der Waals surface area contributed by atoms with E-state index in [-0.39, 0.29) is 17.3 Å². The minimum Gasteiger partial charge on any atom is -0.495 e. The summed E-state index contributed by atoms with van der Waals surface area (Å²) >= 11 is 0.754. The molecule has 0 saturated carbocycles. The van der Waals surface area contributed by atoms with Crippen LogP contribution in [-0.2, 0) is 16.2 Å². The summed E-state index contributed by atoms with van der Waals surface area (Å²) in [6, 6.07) is 20.0. The second kappa shape index (κ2) is 10.9. The lowest BCUT2D eigenvalue weighted by Crippen LogP contribution is -2.36. The maximum absolute atomic E-state index is 13.8. The SMILES string of the molecule is COc1ccccc1NC(=O)CN1C(=O)S/C(=C/c2cccc(OCc3ccccc3F)c2)C1=O. The number of ether oxygens (including phenoxy) is 2. The lowest BCUT2D eigenvalue weighted by atomic mass is 10.2. The molecule has 3 aromatic rings. The Hall–Kier alpha value is -4.11. The van der Waals surface area contributed by atoms with E-state index in [2.05, 4.69) is 5.32 Å². The fourth-order valence-electron chi connectivity index (χ4n) is 3.34. The number of rotatable bonds is 8. The molecule has 178 valence electrons. The fraction of sp³-hybridized carbons (Fsp3) is 0.115. The van der Waals surface area contributed by atoms with Crippen molar-refractivity contribution in [2.24, 2.45) is 0 Å². The number of para-hydroxylation sites is 2. The molecule has 9 heteroatoms. The van der Waals surface area contributed by atoms with Crippen LogP contribution < -0.4 is 14.8 Å². The summed E-state index contributed by atoms with van der Waals surface area (Å²) < 4.78 is 24.7. The number of amides is 3. The van der Waals surface area contributed by atoms with Crippen LogP contribution in [0, 0.1) is 5.82 Å². The van der Waals surface area contributed by atoms with E-state index in [1.165, 1.54) is 13.2 Å². The summed E-state index contributed by atoms with van der Waals surface area (Å²) in [6.07, 6.45) is 1.55.